The largest absolute Gasteiger partial charge is 0.398 e. The highest BCUT2D eigenvalue weighted by Gasteiger charge is 2.38. The normalized spacial score (nSPS) is 27.0. The molecule has 18 heavy (non-hydrogen) atoms. The van der Waals surface area contributed by atoms with Crippen LogP contribution in [0.25, 0.3) is 0 Å². The molecule has 2 heterocycles. The van der Waals surface area contributed by atoms with Crippen LogP contribution in [0, 0.1) is 0 Å². The second-order valence-corrected chi connectivity index (χ2v) is 4.87. The van der Waals surface area contributed by atoms with Gasteiger partial charge in [-0.15, -0.1) is 0 Å². The highest BCUT2D eigenvalue weighted by atomic mass is 16.5. The van der Waals surface area contributed by atoms with Crippen LogP contribution in [-0.2, 0) is 4.74 Å². The maximum absolute atomic E-state index is 12.5. The molecule has 2 fully saturated rings. The molecule has 2 aliphatic rings. The Bertz CT molecular complexity index is 463. The zero-order chi connectivity index (χ0) is 12.5. The molecular formula is C13H17N3O2. The molecule has 0 bridgehead atoms. The highest BCUT2D eigenvalue weighted by molar-refractivity contribution is 5.99. The molecule has 2 unspecified atom stereocenters. The summed E-state index contributed by atoms with van der Waals surface area (Å²) < 4.78 is 5.71. The van der Waals surface area contributed by atoms with Gasteiger partial charge in [0, 0.05) is 24.6 Å². The number of anilines is 1. The second kappa shape index (κ2) is 4.57. The van der Waals surface area contributed by atoms with Crippen molar-refractivity contribution in [3.8, 4) is 0 Å². The Balaban J connectivity index is 1.86. The summed E-state index contributed by atoms with van der Waals surface area (Å²) in [5.74, 6) is -0.0131. The number of hydrogen-bond acceptors (Lipinski definition) is 4. The third-order valence-corrected chi connectivity index (χ3v) is 3.83. The van der Waals surface area contributed by atoms with Crippen LogP contribution in [0.3, 0.4) is 0 Å². The van der Waals surface area contributed by atoms with E-state index in [9.17, 15) is 4.79 Å². The molecular weight excluding hydrogens is 230 g/mol. The Labute approximate surface area is 106 Å². The molecule has 0 radical (unpaired) electrons. The number of amides is 1. The van der Waals surface area contributed by atoms with Crippen molar-refractivity contribution in [2.24, 2.45) is 0 Å². The zero-order valence-electron chi connectivity index (χ0n) is 10.2. The summed E-state index contributed by atoms with van der Waals surface area (Å²) in [5, 5.41) is 0. The first-order valence-electron chi connectivity index (χ1n) is 6.39. The van der Waals surface area contributed by atoms with Gasteiger partial charge in [-0.3, -0.25) is 9.78 Å². The van der Waals surface area contributed by atoms with Gasteiger partial charge in [0.1, 0.15) is 0 Å². The van der Waals surface area contributed by atoms with Gasteiger partial charge in [-0.05, 0) is 25.3 Å². The van der Waals surface area contributed by atoms with E-state index >= 15 is 0 Å². The molecule has 2 N–H and O–H groups in total. The fraction of sp³-hybridized carbons (Fsp3) is 0.538. The van der Waals surface area contributed by atoms with Gasteiger partial charge in [0.2, 0.25) is 0 Å². The lowest BCUT2D eigenvalue weighted by Gasteiger charge is -2.37. The van der Waals surface area contributed by atoms with Crippen molar-refractivity contribution < 1.29 is 9.53 Å². The summed E-state index contributed by atoms with van der Waals surface area (Å²) in [5.41, 5.74) is 6.85. The van der Waals surface area contributed by atoms with Crippen LogP contribution in [0.15, 0.2) is 18.5 Å². The van der Waals surface area contributed by atoms with Crippen LogP contribution in [0.2, 0.25) is 0 Å². The molecule has 1 saturated heterocycles. The van der Waals surface area contributed by atoms with Gasteiger partial charge in [-0.2, -0.15) is 0 Å². The molecule has 96 valence electrons. The van der Waals surface area contributed by atoms with Crippen molar-refractivity contribution in [1.29, 1.82) is 0 Å². The smallest absolute Gasteiger partial charge is 0.257 e. The predicted molar refractivity (Wildman–Crippen MR) is 67.1 cm³/mol. The van der Waals surface area contributed by atoms with Gasteiger partial charge in [0.05, 0.1) is 24.3 Å². The number of aromatic nitrogens is 1. The van der Waals surface area contributed by atoms with E-state index in [1.165, 1.54) is 0 Å². The van der Waals surface area contributed by atoms with Crippen molar-refractivity contribution in [3.63, 3.8) is 0 Å². The van der Waals surface area contributed by atoms with Crippen molar-refractivity contribution >= 4 is 11.6 Å². The van der Waals surface area contributed by atoms with Crippen molar-refractivity contribution in [2.75, 3.05) is 18.9 Å². The topological polar surface area (TPSA) is 68.5 Å². The molecule has 3 rings (SSSR count). The molecule has 2 atom stereocenters. The average molecular weight is 247 g/mol. The molecule has 5 heteroatoms. The van der Waals surface area contributed by atoms with E-state index in [0.29, 0.717) is 24.4 Å². The minimum Gasteiger partial charge on any atom is -0.398 e. The number of ether oxygens (including phenoxy) is 1. The molecule has 0 spiro atoms. The Morgan fingerprint density at radius 3 is 3.22 bits per heavy atom. The van der Waals surface area contributed by atoms with Gasteiger partial charge in [-0.25, -0.2) is 0 Å². The number of nitrogens with two attached hydrogens (primary N) is 1. The molecule has 1 aromatic rings. The van der Waals surface area contributed by atoms with Crippen molar-refractivity contribution in [1.82, 2.24) is 9.88 Å². The van der Waals surface area contributed by atoms with E-state index < -0.39 is 0 Å². The van der Waals surface area contributed by atoms with Crippen LogP contribution >= 0.6 is 0 Å². The molecule has 1 saturated carbocycles. The number of pyridine rings is 1. The van der Waals surface area contributed by atoms with Crippen LogP contribution in [0.5, 0.6) is 0 Å². The number of carbonyl (C=O) groups excluding carboxylic acids is 1. The number of hydrogen-bond donors (Lipinski definition) is 1. The maximum Gasteiger partial charge on any atom is 0.257 e. The third-order valence-electron chi connectivity index (χ3n) is 3.83. The van der Waals surface area contributed by atoms with Gasteiger partial charge in [0.15, 0.2) is 0 Å². The maximum atomic E-state index is 12.5. The van der Waals surface area contributed by atoms with Crippen LogP contribution in [-0.4, -0.2) is 41.1 Å². The summed E-state index contributed by atoms with van der Waals surface area (Å²) >= 11 is 0. The minimum absolute atomic E-state index is 0.0131. The first-order chi connectivity index (χ1) is 8.77. The van der Waals surface area contributed by atoms with E-state index in [1.807, 2.05) is 4.90 Å². The fourth-order valence-corrected chi connectivity index (χ4v) is 2.92. The standard InChI is InChI=1S/C13H17N3O2/c14-10-4-5-15-8-9(10)13(17)16-6-7-18-12-3-1-2-11(12)16/h4-5,8,11-12H,1-3,6-7H2,(H2,14,15). The minimum atomic E-state index is -0.0131. The van der Waals surface area contributed by atoms with Gasteiger partial charge >= 0.3 is 0 Å². The molecule has 1 aliphatic carbocycles. The summed E-state index contributed by atoms with van der Waals surface area (Å²) in [7, 11) is 0. The summed E-state index contributed by atoms with van der Waals surface area (Å²) in [4.78, 5) is 18.4. The predicted octanol–water partition coefficient (Wildman–Crippen LogP) is 1.06. The van der Waals surface area contributed by atoms with Gasteiger partial charge < -0.3 is 15.4 Å². The molecule has 1 amide bonds. The second-order valence-electron chi connectivity index (χ2n) is 4.87. The lowest BCUT2D eigenvalue weighted by Crippen LogP contribution is -2.51. The van der Waals surface area contributed by atoms with Crippen LogP contribution < -0.4 is 5.73 Å². The lowest BCUT2D eigenvalue weighted by molar-refractivity contribution is -0.0445. The first-order valence-corrected chi connectivity index (χ1v) is 6.39. The van der Waals surface area contributed by atoms with Crippen molar-refractivity contribution in [2.45, 2.75) is 31.4 Å². The zero-order valence-corrected chi connectivity index (χ0v) is 10.2. The molecule has 0 aromatic carbocycles. The van der Waals surface area contributed by atoms with Crippen LogP contribution in [0.1, 0.15) is 29.6 Å². The quantitative estimate of drug-likeness (QED) is 0.805. The SMILES string of the molecule is Nc1ccncc1C(=O)N1CCOC2CCCC21. The Morgan fingerprint density at radius 2 is 2.39 bits per heavy atom. The fourth-order valence-electron chi connectivity index (χ4n) is 2.92. The van der Waals surface area contributed by atoms with Crippen molar-refractivity contribution in [3.05, 3.63) is 24.0 Å². The Kier molecular flexibility index (Phi) is 2.91. The number of rotatable bonds is 1. The number of nitrogen functional groups attached to an aromatic ring is 1. The molecule has 1 aromatic heterocycles. The molecule has 1 aliphatic heterocycles. The van der Waals surface area contributed by atoms with Gasteiger partial charge in [-0.1, -0.05) is 0 Å². The van der Waals surface area contributed by atoms with E-state index in [1.54, 1.807) is 18.5 Å². The van der Waals surface area contributed by atoms with E-state index in [0.717, 1.165) is 19.3 Å². The van der Waals surface area contributed by atoms with E-state index in [4.69, 9.17) is 10.5 Å². The Hall–Kier alpha value is -1.62. The molecule has 5 nitrogen and oxygen atoms in total. The first kappa shape index (κ1) is 11.5. The Morgan fingerprint density at radius 1 is 1.50 bits per heavy atom. The lowest BCUT2D eigenvalue weighted by atomic mass is 10.1. The third kappa shape index (κ3) is 1.84. The summed E-state index contributed by atoms with van der Waals surface area (Å²) in [6.45, 7) is 1.27. The summed E-state index contributed by atoms with van der Waals surface area (Å²) in [6, 6.07) is 1.88. The average Bonchev–Trinajstić information content (AvgIpc) is 2.86. The number of carbonyl (C=O) groups is 1. The number of morpholine rings is 1. The number of fused-ring (bicyclic) bond motifs is 1. The van der Waals surface area contributed by atoms with E-state index in [2.05, 4.69) is 4.98 Å². The highest BCUT2D eigenvalue weighted by Crippen LogP contribution is 2.31. The summed E-state index contributed by atoms with van der Waals surface area (Å²) in [6.07, 6.45) is 6.57. The van der Waals surface area contributed by atoms with E-state index in [-0.39, 0.29) is 18.1 Å². The van der Waals surface area contributed by atoms with Gasteiger partial charge in [0.25, 0.3) is 5.91 Å². The van der Waals surface area contributed by atoms with Crippen LogP contribution in [0.4, 0.5) is 5.69 Å². The number of nitrogens with zero attached hydrogens (tertiary/aromatic N) is 2. The monoisotopic (exact) mass is 247 g/mol.